The third-order valence-electron chi connectivity index (χ3n) is 2.93. The summed E-state index contributed by atoms with van der Waals surface area (Å²) in [5, 5.41) is 3.26. The molecule has 0 fully saturated rings. The maximum atomic E-state index is 5.65. The van der Waals surface area contributed by atoms with Crippen LogP contribution in [0.25, 0.3) is 0 Å². The minimum atomic E-state index is 0.476. The molecule has 0 saturated carbocycles. The Kier molecular flexibility index (Phi) is 5.65. The van der Waals surface area contributed by atoms with E-state index >= 15 is 0 Å². The van der Waals surface area contributed by atoms with Crippen molar-refractivity contribution in [2.45, 2.75) is 26.7 Å². The van der Waals surface area contributed by atoms with Gasteiger partial charge in [0.25, 0.3) is 0 Å². The second-order valence-electron chi connectivity index (χ2n) is 4.55. The fourth-order valence-corrected chi connectivity index (χ4v) is 1.90. The quantitative estimate of drug-likeness (QED) is 0.804. The van der Waals surface area contributed by atoms with Gasteiger partial charge in [-0.3, -0.25) is 0 Å². The summed E-state index contributed by atoms with van der Waals surface area (Å²) in [6.45, 7) is 4.88. The average Bonchev–Trinajstić information content (AvgIpc) is 2.93. The minimum Gasteiger partial charge on any atom is -0.497 e. The van der Waals surface area contributed by atoms with E-state index in [9.17, 15) is 0 Å². The van der Waals surface area contributed by atoms with Crippen molar-refractivity contribution in [3.63, 3.8) is 0 Å². The van der Waals surface area contributed by atoms with Gasteiger partial charge in [0.05, 0.1) is 20.0 Å². The summed E-state index contributed by atoms with van der Waals surface area (Å²) in [7, 11) is 1.66. The Bertz CT molecular complexity index is 522. The first-order valence-corrected chi connectivity index (χ1v) is 6.79. The third kappa shape index (κ3) is 4.40. The van der Waals surface area contributed by atoms with Gasteiger partial charge in [-0.2, -0.15) is 0 Å². The molecule has 2 aromatic rings. The number of hydrogen-bond acceptors (Lipinski definition) is 4. The lowest BCUT2D eigenvalue weighted by Crippen LogP contribution is -2.10. The molecule has 0 aliphatic heterocycles. The van der Waals surface area contributed by atoms with Crippen molar-refractivity contribution in [1.29, 1.82) is 0 Å². The van der Waals surface area contributed by atoms with E-state index in [1.54, 1.807) is 13.4 Å². The van der Waals surface area contributed by atoms with Crippen LogP contribution in [0.5, 0.6) is 5.75 Å². The van der Waals surface area contributed by atoms with Gasteiger partial charge in [0.15, 0.2) is 0 Å². The predicted molar refractivity (Wildman–Crippen MR) is 77.6 cm³/mol. The molecular formula is C16H21NO3. The monoisotopic (exact) mass is 275 g/mol. The molecule has 1 heterocycles. The van der Waals surface area contributed by atoms with Gasteiger partial charge in [0.2, 0.25) is 0 Å². The topological polar surface area (TPSA) is 43.6 Å². The highest BCUT2D eigenvalue weighted by Crippen LogP contribution is 2.15. The van der Waals surface area contributed by atoms with E-state index in [0.717, 1.165) is 35.7 Å². The standard InChI is InChI=1S/C16H21NO3/c1-3-17-9-14-8-16(20-11-14)12-19-10-13-5-4-6-15(7-13)18-2/h4-8,11,17H,3,9-10,12H2,1-2H3. The summed E-state index contributed by atoms with van der Waals surface area (Å²) in [4.78, 5) is 0. The number of ether oxygens (including phenoxy) is 2. The Morgan fingerprint density at radius 1 is 1.15 bits per heavy atom. The Labute approximate surface area is 119 Å². The van der Waals surface area contributed by atoms with E-state index in [-0.39, 0.29) is 0 Å². The molecule has 108 valence electrons. The molecule has 1 aromatic carbocycles. The molecule has 0 atom stereocenters. The largest absolute Gasteiger partial charge is 0.497 e. The Hall–Kier alpha value is -1.78. The van der Waals surface area contributed by atoms with E-state index in [2.05, 4.69) is 12.2 Å². The Morgan fingerprint density at radius 3 is 2.85 bits per heavy atom. The van der Waals surface area contributed by atoms with Crippen molar-refractivity contribution in [2.75, 3.05) is 13.7 Å². The smallest absolute Gasteiger partial charge is 0.129 e. The van der Waals surface area contributed by atoms with Gasteiger partial charge in [-0.15, -0.1) is 0 Å². The number of benzene rings is 1. The molecule has 1 N–H and O–H groups in total. The van der Waals surface area contributed by atoms with Crippen LogP contribution in [0.1, 0.15) is 23.8 Å². The number of furan rings is 1. The molecule has 0 unspecified atom stereocenters. The number of hydrogen-bond donors (Lipinski definition) is 1. The Balaban J connectivity index is 1.78. The van der Waals surface area contributed by atoms with Crippen molar-refractivity contribution in [3.05, 3.63) is 53.5 Å². The summed E-state index contributed by atoms with van der Waals surface area (Å²) >= 11 is 0. The highest BCUT2D eigenvalue weighted by atomic mass is 16.5. The fraction of sp³-hybridized carbons (Fsp3) is 0.375. The zero-order valence-electron chi connectivity index (χ0n) is 12.0. The fourth-order valence-electron chi connectivity index (χ4n) is 1.90. The van der Waals surface area contributed by atoms with Crippen LogP contribution in [0.2, 0.25) is 0 Å². The normalized spacial score (nSPS) is 10.7. The van der Waals surface area contributed by atoms with Gasteiger partial charge in [0, 0.05) is 12.1 Å². The zero-order valence-corrected chi connectivity index (χ0v) is 12.0. The molecule has 4 nitrogen and oxygen atoms in total. The molecule has 0 spiro atoms. The van der Waals surface area contributed by atoms with E-state index in [4.69, 9.17) is 13.9 Å². The van der Waals surface area contributed by atoms with E-state index in [0.29, 0.717) is 13.2 Å². The molecule has 0 bridgehead atoms. The van der Waals surface area contributed by atoms with Gasteiger partial charge in [-0.1, -0.05) is 19.1 Å². The zero-order chi connectivity index (χ0) is 14.2. The van der Waals surface area contributed by atoms with Crippen molar-refractivity contribution < 1.29 is 13.9 Å². The van der Waals surface area contributed by atoms with Crippen LogP contribution in [0.4, 0.5) is 0 Å². The van der Waals surface area contributed by atoms with Crippen LogP contribution < -0.4 is 10.1 Å². The molecule has 2 rings (SSSR count). The Morgan fingerprint density at radius 2 is 2.05 bits per heavy atom. The number of nitrogens with one attached hydrogen (secondary N) is 1. The van der Waals surface area contributed by atoms with Crippen LogP contribution in [-0.4, -0.2) is 13.7 Å². The second-order valence-corrected chi connectivity index (χ2v) is 4.55. The highest BCUT2D eigenvalue weighted by Gasteiger charge is 2.02. The van der Waals surface area contributed by atoms with Gasteiger partial charge in [0.1, 0.15) is 18.1 Å². The lowest BCUT2D eigenvalue weighted by atomic mass is 10.2. The number of rotatable bonds is 8. The predicted octanol–water partition coefficient (Wildman–Crippen LogP) is 3.11. The summed E-state index contributed by atoms with van der Waals surface area (Å²) in [6, 6.07) is 9.89. The van der Waals surface area contributed by atoms with Crippen molar-refractivity contribution in [1.82, 2.24) is 5.32 Å². The van der Waals surface area contributed by atoms with Crippen LogP contribution in [0, 0.1) is 0 Å². The molecule has 1 aromatic heterocycles. The summed E-state index contributed by atoms with van der Waals surface area (Å²) in [6.07, 6.45) is 1.77. The molecular weight excluding hydrogens is 254 g/mol. The van der Waals surface area contributed by atoms with Crippen molar-refractivity contribution in [2.24, 2.45) is 0 Å². The average molecular weight is 275 g/mol. The third-order valence-corrected chi connectivity index (χ3v) is 2.93. The molecule has 0 aliphatic rings. The molecule has 0 aliphatic carbocycles. The van der Waals surface area contributed by atoms with Gasteiger partial charge in [-0.25, -0.2) is 0 Å². The van der Waals surface area contributed by atoms with Crippen LogP contribution >= 0.6 is 0 Å². The molecule has 4 heteroatoms. The lowest BCUT2D eigenvalue weighted by Gasteiger charge is -2.04. The van der Waals surface area contributed by atoms with Crippen molar-refractivity contribution >= 4 is 0 Å². The first-order valence-electron chi connectivity index (χ1n) is 6.79. The molecule has 0 amide bonds. The summed E-state index contributed by atoms with van der Waals surface area (Å²) in [5.41, 5.74) is 2.23. The first-order chi connectivity index (χ1) is 9.81. The number of methoxy groups -OCH3 is 1. The van der Waals surface area contributed by atoms with Gasteiger partial charge >= 0.3 is 0 Å². The van der Waals surface area contributed by atoms with Crippen LogP contribution in [0.15, 0.2) is 41.0 Å². The summed E-state index contributed by atoms with van der Waals surface area (Å²) < 4.78 is 16.3. The van der Waals surface area contributed by atoms with Crippen molar-refractivity contribution in [3.8, 4) is 5.75 Å². The summed E-state index contributed by atoms with van der Waals surface area (Å²) in [5.74, 6) is 1.69. The SMILES string of the molecule is CCNCc1coc(COCc2cccc(OC)c2)c1. The van der Waals surface area contributed by atoms with Gasteiger partial charge in [-0.05, 0) is 30.3 Å². The van der Waals surface area contributed by atoms with E-state index < -0.39 is 0 Å². The lowest BCUT2D eigenvalue weighted by molar-refractivity contribution is 0.0928. The van der Waals surface area contributed by atoms with Gasteiger partial charge < -0.3 is 19.2 Å². The highest BCUT2D eigenvalue weighted by molar-refractivity contribution is 5.27. The second kappa shape index (κ2) is 7.72. The van der Waals surface area contributed by atoms with Crippen LogP contribution in [-0.2, 0) is 24.5 Å². The van der Waals surface area contributed by atoms with E-state index in [1.165, 1.54) is 0 Å². The van der Waals surface area contributed by atoms with E-state index in [1.807, 2.05) is 30.3 Å². The first kappa shape index (κ1) is 14.6. The molecule has 0 saturated heterocycles. The molecule has 20 heavy (non-hydrogen) atoms. The maximum Gasteiger partial charge on any atom is 0.129 e. The van der Waals surface area contributed by atoms with Crippen LogP contribution in [0.3, 0.4) is 0 Å². The minimum absolute atomic E-state index is 0.476. The maximum absolute atomic E-state index is 5.65. The molecule has 0 radical (unpaired) electrons.